The van der Waals surface area contributed by atoms with Gasteiger partial charge in [-0.2, -0.15) is 0 Å². The first-order valence-electron chi connectivity index (χ1n) is 6.42. The Labute approximate surface area is 114 Å². The van der Waals surface area contributed by atoms with Crippen LogP contribution in [0, 0.1) is 0 Å². The lowest BCUT2D eigenvalue weighted by atomic mass is 10.1. The number of methoxy groups -OCH3 is 1. The summed E-state index contributed by atoms with van der Waals surface area (Å²) < 4.78 is 15.6. The predicted octanol–water partition coefficient (Wildman–Crippen LogP) is 1.37. The third-order valence-corrected chi connectivity index (χ3v) is 2.58. The normalized spacial score (nSPS) is 12.5. The lowest BCUT2D eigenvalue weighted by Crippen LogP contribution is -2.12. The molecular weight excluding hydrogens is 246 g/mol. The van der Waals surface area contributed by atoms with Crippen LogP contribution in [0.5, 0.6) is 0 Å². The van der Waals surface area contributed by atoms with E-state index in [9.17, 15) is 5.11 Å². The monoisotopic (exact) mass is 269 g/mol. The van der Waals surface area contributed by atoms with E-state index in [1.807, 2.05) is 12.1 Å². The maximum absolute atomic E-state index is 9.88. The van der Waals surface area contributed by atoms with Gasteiger partial charge in [0.25, 0.3) is 0 Å². The van der Waals surface area contributed by atoms with Crippen LogP contribution in [0.25, 0.3) is 0 Å². The maximum atomic E-state index is 9.88. The number of rotatable bonds is 10. The number of hydrogen-bond acceptors (Lipinski definition) is 5. The fourth-order valence-corrected chi connectivity index (χ4v) is 1.58. The molecule has 1 atom stereocenters. The van der Waals surface area contributed by atoms with Gasteiger partial charge >= 0.3 is 0 Å². The molecular formula is C14H23NO4. The van der Waals surface area contributed by atoms with E-state index in [2.05, 4.69) is 0 Å². The Hall–Kier alpha value is -1.14. The molecule has 0 aliphatic rings. The van der Waals surface area contributed by atoms with Gasteiger partial charge in [-0.3, -0.25) is 0 Å². The second kappa shape index (κ2) is 9.75. The van der Waals surface area contributed by atoms with Crippen molar-refractivity contribution in [3.05, 3.63) is 29.8 Å². The Morgan fingerprint density at radius 3 is 2.68 bits per heavy atom. The van der Waals surface area contributed by atoms with Crippen molar-refractivity contribution in [1.29, 1.82) is 0 Å². The van der Waals surface area contributed by atoms with Crippen LogP contribution in [0.4, 0.5) is 5.69 Å². The van der Waals surface area contributed by atoms with Crippen LogP contribution < -0.4 is 5.73 Å². The number of aliphatic hydroxyl groups excluding tert-OH is 1. The van der Waals surface area contributed by atoms with Gasteiger partial charge in [-0.25, -0.2) is 0 Å². The Morgan fingerprint density at radius 1 is 1.16 bits per heavy atom. The molecule has 0 bridgehead atoms. The lowest BCUT2D eigenvalue weighted by Gasteiger charge is -2.12. The largest absolute Gasteiger partial charge is 0.399 e. The highest BCUT2D eigenvalue weighted by Crippen LogP contribution is 2.15. The first-order valence-corrected chi connectivity index (χ1v) is 6.42. The summed E-state index contributed by atoms with van der Waals surface area (Å²) >= 11 is 0. The van der Waals surface area contributed by atoms with Crippen molar-refractivity contribution in [3.63, 3.8) is 0 Å². The van der Waals surface area contributed by atoms with Crippen LogP contribution >= 0.6 is 0 Å². The highest BCUT2D eigenvalue weighted by Gasteiger charge is 2.07. The van der Waals surface area contributed by atoms with E-state index >= 15 is 0 Å². The van der Waals surface area contributed by atoms with Crippen LogP contribution in [-0.4, -0.2) is 45.3 Å². The van der Waals surface area contributed by atoms with Gasteiger partial charge in [-0.05, 0) is 24.1 Å². The minimum atomic E-state index is -0.656. The molecule has 1 aromatic carbocycles. The molecule has 19 heavy (non-hydrogen) atoms. The smallest absolute Gasteiger partial charge is 0.102 e. The summed E-state index contributed by atoms with van der Waals surface area (Å²) in [5, 5.41) is 9.88. The average Bonchev–Trinajstić information content (AvgIpc) is 2.41. The third kappa shape index (κ3) is 7.12. The fraction of sp³-hybridized carbons (Fsp3) is 0.571. The molecule has 0 saturated carbocycles. The van der Waals surface area contributed by atoms with E-state index in [4.69, 9.17) is 19.9 Å². The van der Waals surface area contributed by atoms with Gasteiger partial charge in [-0.1, -0.05) is 12.1 Å². The molecule has 1 unspecified atom stereocenters. The molecule has 0 aliphatic heterocycles. The Balaban J connectivity index is 2.06. The lowest BCUT2D eigenvalue weighted by molar-refractivity contribution is 0.000515. The van der Waals surface area contributed by atoms with Crippen LogP contribution in [0.15, 0.2) is 24.3 Å². The van der Waals surface area contributed by atoms with Gasteiger partial charge in [0.15, 0.2) is 0 Å². The van der Waals surface area contributed by atoms with Crippen molar-refractivity contribution in [2.75, 3.05) is 45.9 Å². The fourth-order valence-electron chi connectivity index (χ4n) is 1.58. The summed E-state index contributed by atoms with van der Waals surface area (Å²) in [6.07, 6.45) is 0.222. The molecule has 0 amide bonds. The molecule has 0 aliphatic carbocycles. The first-order chi connectivity index (χ1) is 9.24. The number of nitrogen functional groups attached to an aromatic ring is 1. The molecule has 0 saturated heterocycles. The Morgan fingerprint density at radius 2 is 1.95 bits per heavy atom. The molecule has 5 heteroatoms. The second-order valence-electron chi connectivity index (χ2n) is 4.22. The topological polar surface area (TPSA) is 73.9 Å². The highest BCUT2D eigenvalue weighted by atomic mass is 16.5. The van der Waals surface area contributed by atoms with Gasteiger partial charge < -0.3 is 25.1 Å². The molecule has 108 valence electrons. The minimum absolute atomic E-state index is 0.241. The van der Waals surface area contributed by atoms with E-state index in [0.29, 0.717) is 32.1 Å². The van der Waals surface area contributed by atoms with E-state index < -0.39 is 6.10 Å². The highest BCUT2D eigenvalue weighted by molar-refractivity contribution is 5.41. The van der Waals surface area contributed by atoms with Gasteiger partial charge in [0, 0.05) is 26.0 Å². The molecule has 0 radical (unpaired) electrons. The summed E-state index contributed by atoms with van der Waals surface area (Å²) in [5.41, 5.74) is 7.05. The summed E-state index contributed by atoms with van der Waals surface area (Å²) in [5.74, 6) is 0. The van der Waals surface area contributed by atoms with Gasteiger partial charge in [0.2, 0.25) is 0 Å². The SMILES string of the molecule is COCCCOCCOCC(O)c1cccc(N)c1. The summed E-state index contributed by atoms with van der Waals surface area (Å²) in [7, 11) is 1.67. The minimum Gasteiger partial charge on any atom is -0.399 e. The van der Waals surface area contributed by atoms with Crippen molar-refractivity contribution in [2.45, 2.75) is 12.5 Å². The zero-order valence-electron chi connectivity index (χ0n) is 11.4. The zero-order valence-corrected chi connectivity index (χ0v) is 11.4. The van der Waals surface area contributed by atoms with E-state index in [0.717, 1.165) is 12.0 Å². The van der Waals surface area contributed by atoms with Crippen molar-refractivity contribution in [2.24, 2.45) is 0 Å². The van der Waals surface area contributed by atoms with Crippen LogP contribution in [0.2, 0.25) is 0 Å². The molecule has 3 N–H and O–H groups in total. The number of anilines is 1. The van der Waals surface area contributed by atoms with Gasteiger partial charge in [0.1, 0.15) is 6.10 Å². The van der Waals surface area contributed by atoms with Crippen LogP contribution in [-0.2, 0) is 14.2 Å². The third-order valence-electron chi connectivity index (χ3n) is 2.58. The molecule has 1 rings (SSSR count). The predicted molar refractivity (Wildman–Crippen MR) is 73.9 cm³/mol. The van der Waals surface area contributed by atoms with Crippen LogP contribution in [0.3, 0.4) is 0 Å². The number of benzene rings is 1. The van der Waals surface area contributed by atoms with E-state index in [1.54, 1.807) is 19.2 Å². The summed E-state index contributed by atoms with van der Waals surface area (Å²) in [6.45, 7) is 2.59. The van der Waals surface area contributed by atoms with E-state index in [1.165, 1.54) is 0 Å². The number of hydrogen-bond donors (Lipinski definition) is 2. The standard InChI is InChI=1S/C14H23NO4/c1-17-6-3-7-18-8-9-19-11-14(16)12-4-2-5-13(15)10-12/h2,4-5,10,14,16H,3,6-9,11,15H2,1H3. The second-order valence-corrected chi connectivity index (χ2v) is 4.22. The van der Waals surface area contributed by atoms with Crippen LogP contribution in [0.1, 0.15) is 18.1 Å². The first kappa shape index (κ1) is 15.9. The molecule has 1 aromatic rings. The molecule has 0 fully saturated rings. The Kier molecular flexibility index (Phi) is 8.16. The van der Waals surface area contributed by atoms with Gasteiger partial charge in [-0.15, -0.1) is 0 Å². The van der Waals surface area contributed by atoms with Crippen molar-refractivity contribution in [1.82, 2.24) is 0 Å². The summed E-state index contributed by atoms with van der Waals surface area (Å²) in [6, 6.07) is 7.17. The van der Waals surface area contributed by atoms with Gasteiger partial charge in [0.05, 0.1) is 19.8 Å². The molecule has 0 heterocycles. The van der Waals surface area contributed by atoms with E-state index in [-0.39, 0.29) is 6.61 Å². The average molecular weight is 269 g/mol. The maximum Gasteiger partial charge on any atom is 0.102 e. The molecule has 0 spiro atoms. The molecule has 0 aromatic heterocycles. The van der Waals surface area contributed by atoms with Crippen molar-refractivity contribution >= 4 is 5.69 Å². The zero-order chi connectivity index (χ0) is 13.9. The number of aliphatic hydroxyl groups is 1. The number of nitrogens with two attached hydrogens (primary N) is 1. The van der Waals surface area contributed by atoms with Crippen molar-refractivity contribution in [3.8, 4) is 0 Å². The molecule has 5 nitrogen and oxygen atoms in total. The Bertz CT molecular complexity index is 346. The van der Waals surface area contributed by atoms with Crippen molar-refractivity contribution < 1.29 is 19.3 Å². The quantitative estimate of drug-likeness (QED) is 0.496. The number of ether oxygens (including phenoxy) is 3. The summed E-state index contributed by atoms with van der Waals surface area (Å²) in [4.78, 5) is 0.